The molecule has 2 aromatic carbocycles. The summed E-state index contributed by atoms with van der Waals surface area (Å²) >= 11 is 0. The first-order valence-electron chi connectivity index (χ1n) is 13.6. The van der Waals surface area contributed by atoms with E-state index in [9.17, 15) is 40.5 Å². The summed E-state index contributed by atoms with van der Waals surface area (Å²) < 4.78 is 38.7. The molecule has 0 spiro atoms. The summed E-state index contributed by atoms with van der Waals surface area (Å²) in [6, 6.07) is 9.13. The highest BCUT2D eigenvalue weighted by molar-refractivity contribution is 5.89. The summed E-state index contributed by atoms with van der Waals surface area (Å²) in [6.45, 7) is 0.947. The molecule has 2 aliphatic rings. The van der Waals surface area contributed by atoms with Crippen LogP contribution in [0, 0.1) is 0 Å². The number of aliphatic hydroxyl groups is 6. The zero-order valence-corrected chi connectivity index (χ0v) is 23.8. The number of aliphatic hydroxyl groups excluding tert-OH is 6. The lowest BCUT2D eigenvalue weighted by atomic mass is 9.98. The Balaban J connectivity index is 1.41. The predicted octanol–water partition coefficient (Wildman–Crippen LogP) is -0.787. The molecule has 240 valence electrons. The van der Waals surface area contributed by atoms with Crippen molar-refractivity contribution in [1.82, 2.24) is 0 Å². The van der Waals surface area contributed by atoms with Crippen LogP contribution in [0.5, 0.6) is 23.0 Å². The zero-order valence-electron chi connectivity index (χ0n) is 23.8. The number of fused-ring (bicyclic) bond motifs is 1. The Labute approximate surface area is 249 Å². The summed E-state index contributed by atoms with van der Waals surface area (Å²) in [5, 5.41) is 72.6. The second-order valence-corrected chi connectivity index (χ2v) is 10.5. The summed E-state index contributed by atoms with van der Waals surface area (Å²) in [5.74, 6) is -0.391. The van der Waals surface area contributed by atoms with Gasteiger partial charge in [0.25, 0.3) is 0 Å². The van der Waals surface area contributed by atoms with Crippen molar-refractivity contribution in [3.8, 4) is 34.3 Å². The van der Waals surface area contributed by atoms with E-state index in [-0.39, 0.29) is 28.2 Å². The van der Waals surface area contributed by atoms with Crippen molar-refractivity contribution in [3.05, 3.63) is 46.6 Å². The number of ether oxygens (including phenoxy) is 6. The SMILES string of the molecule is COc1ccc(-c2cc(=O)c3c(O)c(OC)c(O[C@H]4O[C@H](CO[C@@H]5O[C@@H](C)[C@H](O)[C@@H](O)[C@H]5O)[C@@H](O)[C@H](O)[C@H]4O)cc3o2)cc1. The lowest BCUT2D eigenvalue weighted by Gasteiger charge is -2.42. The Kier molecular flexibility index (Phi) is 9.31. The molecule has 0 saturated carbocycles. The van der Waals surface area contributed by atoms with E-state index in [1.807, 2.05) is 0 Å². The van der Waals surface area contributed by atoms with Crippen molar-refractivity contribution in [3.63, 3.8) is 0 Å². The molecule has 0 aliphatic carbocycles. The van der Waals surface area contributed by atoms with E-state index in [0.29, 0.717) is 11.3 Å². The summed E-state index contributed by atoms with van der Waals surface area (Å²) in [7, 11) is 2.72. The third kappa shape index (κ3) is 5.93. The Morgan fingerprint density at radius 1 is 0.795 bits per heavy atom. The van der Waals surface area contributed by atoms with E-state index >= 15 is 0 Å². The number of hydrogen-bond acceptors (Lipinski definition) is 15. The molecule has 2 saturated heterocycles. The van der Waals surface area contributed by atoms with Gasteiger partial charge < -0.3 is 68.6 Å². The smallest absolute Gasteiger partial charge is 0.229 e. The first-order chi connectivity index (χ1) is 20.9. The van der Waals surface area contributed by atoms with Gasteiger partial charge in [-0.25, -0.2) is 0 Å². The Morgan fingerprint density at radius 3 is 2.11 bits per heavy atom. The van der Waals surface area contributed by atoms with E-state index in [1.165, 1.54) is 33.3 Å². The summed E-state index contributed by atoms with van der Waals surface area (Å²) in [5.41, 5.74) is -0.138. The molecule has 5 rings (SSSR count). The van der Waals surface area contributed by atoms with Gasteiger partial charge in [-0.2, -0.15) is 0 Å². The Morgan fingerprint density at radius 2 is 1.45 bits per heavy atom. The van der Waals surface area contributed by atoms with E-state index in [0.717, 1.165) is 0 Å². The molecule has 0 unspecified atom stereocenters. The summed E-state index contributed by atoms with van der Waals surface area (Å²) in [4.78, 5) is 13.0. The first-order valence-corrected chi connectivity index (χ1v) is 13.6. The van der Waals surface area contributed by atoms with Crippen LogP contribution in [0.3, 0.4) is 0 Å². The molecule has 44 heavy (non-hydrogen) atoms. The maximum absolute atomic E-state index is 13.0. The molecule has 0 bridgehead atoms. The molecular formula is C29H34O15. The Hall–Kier alpha value is -3.51. The van der Waals surface area contributed by atoms with Crippen LogP contribution in [0.25, 0.3) is 22.3 Å². The summed E-state index contributed by atoms with van der Waals surface area (Å²) in [6.07, 6.45) is -15.2. The van der Waals surface area contributed by atoms with Crippen molar-refractivity contribution in [2.24, 2.45) is 0 Å². The van der Waals surface area contributed by atoms with Crippen LogP contribution in [0.1, 0.15) is 6.92 Å². The molecule has 7 N–H and O–H groups in total. The molecule has 2 fully saturated rings. The van der Waals surface area contributed by atoms with Gasteiger partial charge in [-0.15, -0.1) is 0 Å². The highest BCUT2D eigenvalue weighted by atomic mass is 16.7. The van der Waals surface area contributed by atoms with Gasteiger partial charge in [0, 0.05) is 17.7 Å². The second kappa shape index (κ2) is 12.8. The fraction of sp³-hybridized carbons (Fsp3) is 0.483. The average molecular weight is 623 g/mol. The van der Waals surface area contributed by atoms with Gasteiger partial charge in [0.15, 0.2) is 23.2 Å². The van der Waals surface area contributed by atoms with Crippen molar-refractivity contribution < 1.29 is 68.6 Å². The third-order valence-electron chi connectivity index (χ3n) is 7.64. The topological polar surface area (TPSA) is 227 Å². The van der Waals surface area contributed by atoms with Crippen LogP contribution in [0.15, 0.2) is 45.6 Å². The second-order valence-electron chi connectivity index (χ2n) is 10.5. The molecular weight excluding hydrogens is 588 g/mol. The number of rotatable bonds is 8. The quantitative estimate of drug-likeness (QED) is 0.163. The minimum Gasteiger partial charge on any atom is -0.504 e. The molecule has 0 radical (unpaired) electrons. The van der Waals surface area contributed by atoms with Crippen LogP contribution < -0.4 is 19.6 Å². The molecule has 1 aromatic heterocycles. The van der Waals surface area contributed by atoms with Gasteiger partial charge in [-0.1, -0.05) is 0 Å². The van der Waals surface area contributed by atoms with Gasteiger partial charge in [0.2, 0.25) is 12.0 Å². The minimum atomic E-state index is -1.81. The van der Waals surface area contributed by atoms with E-state index in [4.69, 9.17) is 32.8 Å². The molecule has 3 heterocycles. The van der Waals surface area contributed by atoms with Gasteiger partial charge in [0.05, 0.1) is 26.9 Å². The van der Waals surface area contributed by atoms with Crippen LogP contribution >= 0.6 is 0 Å². The fourth-order valence-electron chi connectivity index (χ4n) is 5.06. The molecule has 15 heteroatoms. The third-order valence-corrected chi connectivity index (χ3v) is 7.64. The molecule has 15 nitrogen and oxygen atoms in total. The van der Waals surface area contributed by atoms with Gasteiger partial charge in [-0.3, -0.25) is 4.79 Å². The van der Waals surface area contributed by atoms with Gasteiger partial charge in [-0.05, 0) is 31.2 Å². The van der Waals surface area contributed by atoms with E-state index in [1.54, 1.807) is 24.3 Å². The van der Waals surface area contributed by atoms with Crippen LogP contribution in [0.4, 0.5) is 0 Å². The highest BCUT2D eigenvalue weighted by Gasteiger charge is 2.47. The van der Waals surface area contributed by atoms with E-state index < -0.39 is 79.2 Å². The first kappa shape index (κ1) is 31.9. The molecule has 2 aliphatic heterocycles. The predicted molar refractivity (Wildman–Crippen MR) is 148 cm³/mol. The van der Waals surface area contributed by atoms with Crippen molar-refractivity contribution in [1.29, 1.82) is 0 Å². The maximum atomic E-state index is 13.0. The minimum absolute atomic E-state index is 0.0966. The number of methoxy groups -OCH3 is 2. The number of phenols is 1. The molecule has 3 aromatic rings. The van der Waals surface area contributed by atoms with Crippen LogP contribution in [0.2, 0.25) is 0 Å². The Bertz CT molecular complexity index is 1510. The number of benzene rings is 2. The number of hydrogen-bond donors (Lipinski definition) is 7. The highest BCUT2D eigenvalue weighted by Crippen LogP contribution is 2.43. The van der Waals surface area contributed by atoms with E-state index in [2.05, 4.69) is 0 Å². The normalized spacial score (nSPS) is 32.4. The fourth-order valence-corrected chi connectivity index (χ4v) is 5.06. The van der Waals surface area contributed by atoms with Crippen LogP contribution in [-0.2, 0) is 14.2 Å². The van der Waals surface area contributed by atoms with Crippen molar-refractivity contribution in [2.75, 3.05) is 20.8 Å². The standard InChI is InChI=1S/C29H34O15/c1-11-20(31)23(34)25(36)28(41-11)40-10-18-21(32)24(35)26(37)29(44-18)43-17-9-16-19(22(33)27(17)39-3)14(30)8-15(42-16)12-4-6-13(38-2)7-5-12/h4-9,11,18,20-21,23-26,28-29,31-37H,10H2,1-3H3/t11-,18+,20-,21+,23+,24-,25+,26+,28+,29-/m0/s1. The van der Waals surface area contributed by atoms with Crippen molar-refractivity contribution >= 4 is 11.0 Å². The monoisotopic (exact) mass is 622 g/mol. The lowest BCUT2D eigenvalue weighted by molar-refractivity contribution is -0.318. The van der Waals surface area contributed by atoms with Gasteiger partial charge in [0.1, 0.15) is 65.2 Å². The average Bonchev–Trinajstić information content (AvgIpc) is 3.01. The van der Waals surface area contributed by atoms with Gasteiger partial charge >= 0.3 is 0 Å². The van der Waals surface area contributed by atoms with Crippen LogP contribution in [-0.4, -0.2) is 118 Å². The number of phenolic OH excluding ortho intramolecular Hbond substituents is 1. The molecule has 10 atom stereocenters. The maximum Gasteiger partial charge on any atom is 0.229 e. The lowest BCUT2D eigenvalue weighted by Crippen LogP contribution is -2.61. The number of aromatic hydroxyl groups is 1. The largest absolute Gasteiger partial charge is 0.504 e. The molecule has 0 amide bonds. The van der Waals surface area contributed by atoms with Crippen molar-refractivity contribution in [2.45, 2.75) is 68.3 Å². The zero-order chi connectivity index (χ0) is 31.9.